The Labute approximate surface area is 163 Å². The summed E-state index contributed by atoms with van der Waals surface area (Å²) in [6.07, 6.45) is 1.44. The van der Waals surface area contributed by atoms with Crippen molar-refractivity contribution in [2.24, 2.45) is 0 Å². The lowest BCUT2D eigenvalue weighted by atomic mass is 10.2. The molecule has 10 heteroatoms. The Hall–Kier alpha value is -2.56. The summed E-state index contributed by atoms with van der Waals surface area (Å²) in [4.78, 5) is 28.2. The number of carbonyl (C=O) groups excluding carboxylic acids is 1. The van der Waals surface area contributed by atoms with Crippen molar-refractivity contribution >= 4 is 15.9 Å². The van der Waals surface area contributed by atoms with Gasteiger partial charge in [-0.2, -0.15) is 4.31 Å². The zero-order valence-electron chi connectivity index (χ0n) is 15.5. The normalized spacial score (nSPS) is 15.3. The van der Waals surface area contributed by atoms with Crippen LogP contribution in [0.4, 0.5) is 0 Å². The van der Waals surface area contributed by atoms with Gasteiger partial charge in [-0.25, -0.2) is 13.4 Å². The molecule has 1 aliphatic heterocycles. The summed E-state index contributed by atoms with van der Waals surface area (Å²) in [6.45, 7) is 3.66. The lowest BCUT2D eigenvalue weighted by molar-refractivity contribution is 0.0730. The number of aryl methyl sites for hydroxylation is 1. The van der Waals surface area contributed by atoms with Crippen molar-refractivity contribution in [2.45, 2.75) is 18.4 Å². The van der Waals surface area contributed by atoms with Crippen LogP contribution in [-0.4, -0.2) is 61.0 Å². The van der Waals surface area contributed by atoms with Crippen molar-refractivity contribution in [1.82, 2.24) is 19.2 Å². The lowest BCUT2D eigenvalue weighted by Gasteiger charge is -2.26. The van der Waals surface area contributed by atoms with E-state index in [4.69, 9.17) is 4.74 Å². The molecule has 1 N–H and O–H groups in total. The van der Waals surface area contributed by atoms with Gasteiger partial charge < -0.3 is 10.1 Å². The SMILES string of the molecule is Cc1cc(=O)n(CCNC(=O)c2ccc(S(=O)(=O)N3CCOCC3)cc2)cn1. The largest absolute Gasteiger partial charge is 0.379 e. The fourth-order valence-corrected chi connectivity index (χ4v) is 4.20. The van der Waals surface area contributed by atoms with Crippen LogP contribution in [0.1, 0.15) is 16.1 Å². The molecule has 1 aliphatic rings. The summed E-state index contributed by atoms with van der Waals surface area (Å²) in [5, 5.41) is 2.71. The number of aromatic nitrogens is 2. The van der Waals surface area contributed by atoms with Gasteiger partial charge in [-0.1, -0.05) is 0 Å². The van der Waals surface area contributed by atoms with E-state index in [2.05, 4.69) is 10.3 Å². The number of sulfonamides is 1. The van der Waals surface area contributed by atoms with Crippen LogP contribution in [0.15, 0.2) is 46.3 Å². The standard InChI is InChI=1S/C18H22N4O5S/c1-14-12-17(23)21(13-20-14)7-6-19-18(24)15-2-4-16(5-3-15)28(25,26)22-8-10-27-11-9-22/h2-5,12-13H,6-11H2,1H3,(H,19,24). The summed E-state index contributed by atoms with van der Waals surface area (Å²) < 4.78 is 33.1. The van der Waals surface area contributed by atoms with Crippen LogP contribution in [0, 0.1) is 6.92 Å². The van der Waals surface area contributed by atoms with Crippen LogP contribution >= 0.6 is 0 Å². The van der Waals surface area contributed by atoms with Crippen molar-refractivity contribution in [3.8, 4) is 0 Å². The van der Waals surface area contributed by atoms with E-state index in [1.54, 1.807) is 6.92 Å². The molecule has 1 aromatic carbocycles. The molecule has 9 nitrogen and oxygen atoms in total. The molecule has 3 rings (SSSR count). The predicted molar refractivity (Wildman–Crippen MR) is 102 cm³/mol. The molecule has 2 heterocycles. The molecule has 0 radical (unpaired) electrons. The van der Waals surface area contributed by atoms with E-state index in [9.17, 15) is 18.0 Å². The fourth-order valence-electron chi connectivity index (χ4n) is 2.79. The van der Waals surface area contributed by atoms with Gasteiger partial charge in [0, 0.05) is 43.5 Å². The Kier molecular flexibility index (Phi) is 6.22. The van der Waals surface area contributed by atoms with Gasteiger partial charge in [0.25, 0.3) is 11.5 Å². The predicted octanol–water partition coefficient (Wildman–Crippen LogP) is 0.00262. The topological polar surface area (TPSA) is 111 Å². The summed E-state index contributed by atoms with van der Waals surface area (Å²) in [7, 11) is -3.59. The Balaban J connectivity index is 1.59. The van der Waals surface area contributed by atoms with Crippen molar-refractivity contribution in [3.05, 3.63) is 58.3 Å². The first-order valence-corrected chi connectivity index (χ1v) is 10.3. The summed E-state index contributed by atoms with van der Waals surface area (Å²) in [5.74, 6) is -0.344. The van der Waals surface area contributed by atoms with E-state index in [1.807, 2.05) is 0 Å². The molecule has 28 heavy (non-hydrogen) atoms. The van der Waals surface area contributed by atoms with Crippen LogP contribution in [0.25, 0.3) is 0 Å². The molecular weight excluding hydrogens is 384 g/mol. The number of nitrogens with one attached hydrogen (secondary N) is 1. The van der Waals surface area contributed by atoms with E-state index >= 15 is 0 Å². The summed E-state index contributed by atoms with van der Waals surface area (Å²) >= 11 is 0. The van der Waals surface area contributed by atoms with Gasteiger partial charge in [-0.3, -0.25) is 14.2 Å². The minimum atomic E-state index is -3.59. The highest BCUT2D eigenvalue weighted by atomic mass is 32.2. The van der Waals surface area contributed by atoms with Crippen LogP contribution in [0.2, 0.25) is 0 Å². The third kappa shape index (κ3) is 4.64. The smallest absolute Gasteiger partial charge is 0.253 e. The van der Waals surface area contributed by atoms with Gasteiger partial charge >= 0.3 is 0 Å². The molecule has 0 atom stereocenters. The van der Waals surface area contributed by atoms with Gasteiger partial charge in [0.2, 0.25) is 10.0 Å². The van der Waals surface area contributed by atoms with E-state index in [-0.39, 0.29) is 22.9 Å². The number of morpholine rings is 1. The number of amides is 1. The fraction of sp³-hybridized carbons (Fsp3) is 0.389. The zero-order valence-corrected chi connectivity index (χ0v) is 16.3. The highest BCUT2D eigenvalue weighted by Gasteiger charge is 2.26. The monoisotopic (exact) mass is 406 g/mol. The van der Waals surface area contributed by atoms with E-state index < -0.39 is 10.0 Å². The quantitative estimate of drug-likeness (QED) is 0.723. The molecule has 1 saturated heterocycles. The first kappa shape index (κ1) is 20.2. The van der Waals surface area contributed by atoms with Gasteiger partial charge in [0.15, 0.2) is 0 Å². The molecule has 1 amide bonds. The Morgan fingerprint density at radius 2 is 1.89 bits per heavy atom. The van der Waals surface area contributed by atoms with Crippen LogP contribution in [0.3, 0.4) is 0 Å². The lowest BCUT2D eigenvalue weighted by Crippen LogP contribution is -2.40. The first-order valence-electron chi connectivity index (χ1n) is 8.87. The zero-order chi connectivity index (χ0) is 20.1. The third-order valence-electron chi connectivity index (χ3n) is 4.38. The van der Waals surface area contributed by atoms with E-state index in [1.165, 1.54) is 45.5 Å². The minimum absolute atomic E-state index is 0.142. The average molecular weight is 406 g/mol. The Morgan fingerprint density at radius 1 is 1.21 bits per heavy atom. The highest BCUT2D eigenvalue weighted by molar-refractivity contribution is 7.89. The maximum atomic E-state index is 12.6. The van der Waals surface area contributed by atoms with Gasteiger partial charge in [-0.15, -0.1) is 0 Å². The Morgan fingerprint density at radius 3 is 2.54 bits per heavy atom. The van der Waals surface area contributed by atoms with Crippen LogP contribution in [-0.2, 0) is 21.3 Å². The molecule has 0 unspecified atom stereocenters. The van der Waals surface area contributed by atoms with Gasteiger partial charge in [-0.05, 0) is 31.2 Å². The van der Waals surface area contributed by atoms with Crippen LogP contribution < -0.4 is 10.9 Å². The number of hydrogen-bond donors (Lipinski definition) is 1. The second-order valence-electron chi connectivity index (χ2n) is 6.36. The van der Waals surface area contributed by atoms with Gasteiger partial charge in [0.05, 0.1) is 24.4 Å². The van der Waals surface area contributed by atoms with Crippen molar-refractivity contribution in [1.29, 1.82) is 0 Å². The second kappa shape index (κ2) is 8.63. The van der Waals surface area contributed by atoms with Crippen molar-refractivity contribution < 1.29 is 17.9 Å². The molecule has 0 saturated carbocycles. The molecule has 2 aromatic rings. The van der Waals surface area contributed by atoms with E-state index in [0.29, 0.717) is 44.1 Å². The number of hydrogen-bond acceptors (Lipinski definition) is 6. The molecule has 1 fully saturated rings. The summed E-state index contributed by atoms with van der Waals surface area (Å²) in [6, 6.07) is 7.22. The minimum Gasteiger partial charge on any atom is -0.379 e. The number of benzene rings is 1. The number of rotatable bonds is 6. The Bertz CT molecular complexity index is 995. The average Bonchev–Trinajstić information content (AvgIpc) is 2.70. The maximum absolute atomic E-state index is 12.6. The second-order valence-corrected chi connectivity index (χ2v) is 8.30. The highest BCUT2D eigenvalue weighted by Crippen LogP contribution is 2.17. The number of ether oxygens (including phenoxy) is 1. The van der Waals surface area contributed by atoms with Crippen molar-refractivity contribution in [3.63, 3.8) is 0 Å². The number of nitrogens with zero attached hydrogens (tertiary/aromatic N) is 3. The van der Waals surface area contributed by atoms with Crippen LogP contribution in [0.5, 0.6) is 0 Å². The third-order valence-corrected chi connectivity index (χ3v) is 6.29. The molecule has 0 bridgehead atoms. The maximum Gasteiger partial charge on any atom is 0.253 e. The van der Waals surface area contributed by atoms with Crippen molar-refractivity contribution in [2.75, 3.05) is 32.8 Å². The first-order chi connectivity index (χ1) is 13.4. The molecule has 0 spiro atoms. The summed E-state index contributed by atoms with van der Waals surface area (Å²) in [5.41, 5.74) is 0.798. The molecule has 150 valence electrons. The molecular formula is C18H22N4O5S. The van der Waals surface area contributed by atoms with Gasteiger partial charge in [0.1, 0.15) is 0 Å². The molecule has 1 aromatic heterocycles. The number of carbonyl (C=O) groups is 1. The molecule has 0 aliphatic carbocycles. The van der Waals surface area contributed by atoms with E-state index in [0.717, 1.165) is 0 Å².